The van der Waals surface area contributed by atoms with Gasteiger partial charge < -0.3 is 10.5 Å². The quantitative estimate of drug-likeness (QED) is 0.640. The van der Waals surface area contributed by atoms with E-state index in [1.54, 1.807) is 44.4 Å². The lowest BCUT2D eigenvalue weighted by Crippen LogP contribution is -2.25. The van der Waals surface area contributed by atoms with Crippen LogP contribution in [0.4, 0.5) is 0 Å². The van der Waals surface area contributed by atoms with Crippen LogP contribution >= 0.6 is 11.8 Å². The van der Waals surface area contributed by atoms with E-state index in [1.807, 2.05) is 6.92 Å². The standard InChI is InChI=1S/C17H20N2O3S/c1-10(16(21)12-4-6-13(22-3)7-5-12)15-8-14(9-20)23-17(15)19-11(2)18/h4-11,15H,18H2,1-3H3/b19-17+. The third-order valence-corrected chi connectivity index (χ3v) is 4.68. The number of aliphatic imine (C=N–C) groups is 1. The van der Waals surface area contributed by atoms with E-state index in [1.165, 1.54) is 11.8 Å². The maximum atomic E-state index is 12.7. The molecule has 3 unspecified atom stereocenters. The molecule has 122 valence electrons. The van der Waals surface area contributed by atoms with E-state index in [2.05, 4.69) is 4.99 Å². The molecule has 0 bridgehead atoms. The van der Waals surface area contributed by atoms with Crippen LogP contribution in [-0.2, 0) is 4.79 Å². The fraction of sp³-hybridized carbons (Fsp3) is 0.353. The van der Waals surface area contributed by atoms with Crippen LogP contribution in [0.25, 0.3) is 0 Å². The summed E-state index contributed by atoms with van der Waals surface area (Å²) in [5.74, 6) is 0.152. The van der Waals surface area contributed by atoms with Gasteiger partial charge in [-0.15, -0.1) is 0 Å². The molecule has 0 aromatic heterocycles. The average Bonchev–Trinajstić information content (AvgIpc) is 2.95. The second-order valence-corrected chi connectivity index (χ2v) is 6.50. The van der Waals surface area contributed by atoms with Gasteiger partial charge in [0.05, 0.1) is 18.3 Å². The first-order valence-corrected chi connectivity index (χ1v) is 8.14. The summed E-state index contributed by atoms with van der Waals surface area (Å²) in [7, 11) is 1.58. The summed E-state index contributed by atoms with van der Waals surface area (Å²) < 4.78 is 5.10. The number of ketones is 1. The minimum atomic E-state index is -0.373. The van der Waals surface area contributed by atoms with Crippen molar-refractivity contribution in [3.8, 4) is 5.75 Å². The van der Waals surface area contributed by atoms with Crippen LogP contribution < -0.4 is 10.5 Å². The Morgan fingerprint density at radius 2 is 2.00 bits per heavy atom. The number of allylic oxidation sites excluding steroid dienone is 2. The molecule has 1 aliphatic rings. The molecule has 0 radical (unpaired) electrons. The van der Waals surface area contributed by atoms with Gasteiger partial charge in [0, 0.05) is 22.3 Å². The molecule has 5 nitrogen and oxygen atoms in total. The lowest BCUT2D eigenvalue weighted by Gasteiger charge is -2.18. The highest BCUT2D eigenvalue weighted by atomic mass is 32.2. The van der Waals surface area contributed by atoms with Gasteiger partial charge in [0.15, 0.2) is 12.1 Å². The van der Waals surface area contributed by atoms with Gasteiger partial charge in [-0.25, -0.2) is 0 Å². The van der Waals surface area contributed by atoms with Gasteiger partial charge >= 0.3 is 0 Å². The molecule has 0 amide bonds. The normalized spacial score (nSPS) is 21.7. The molecular formula is C17H20N2O3S. The summed E-state index contributed by atoms with van der Waals surface area (Å²) in [6.07, 6.45) is 2.21. The highest BCUT2D eigenvalue weighted by Gasteiger charge is 2.33. The number of methoxy groups -OCH3 is 1. The van der Waals surface area contributed by atoms with Crippen molar-refractivity contribution in [2.75, 3.05) is 7.11 Å². The summed E-state index contributed by atoms with van der Waals surface area (Å²) >= 11 is 1.28. The van der Waals surface area contributed by atoms with E-state index in [9.17, 15) is 9.59 Å². The zero-order valence-corrected chi connectivity index (χ0v) is 14.2. The van der Waals surface area contributed by atoms with Crippen molar-refractivity contribution >= 4 is 28.9 Å². The van der Waals surface area contributed by atoms with Crippen LogP contribution in [-0.4, -0.2) is 30.4 Å². The first kappa shape index (κ1) is 17.4. The number of rotatable bonds is 6. The van der Waals surface area contributed by atoms with Crippen molar-refractivity contribution in [2.24, 2.45) is 22.6 Å². The predicted octanol–water partition coefficient (Wildman–Crippen LogP) is 2.66. The molecule has 0 saturated carbocycles. The Kier molecular flexibility index (Phi) is 5.74. The molecule has 1 aromatic rings. The van der Waals surface area contributed by atoms with Crippen LogP contribution in [0.3, 0.4) is 0 Å². The Balaban J connectivity index is 2.25. The van der Waals surface area contributed by atoms with E-state index < -0.39 is 0 Å². The van der Waals surface area contributed by atoms with Gasteiger partial charge in [-0.2, -0.15) is 0 Å². The number of aldehydes is 1. The number of hydrogen-bond donors (Lipinski definition) is 1. The number of hydrogen-bond acceptors (Lipinski definition) is 6. The van der Waals surface area contributed by atoms with Crippen LogP contribution in [0, 0.1) is 11.8 Å². The second-order valence-electron chi connectivity index (χ2n) is 5.40. The van der Waals surface area contributed by atoms with Crippen LogP contribution in [0.5, 0.6) is 5.75 Å². The van der Waals surface area contributed by atoms with E-state index in [4.69, 9.17) is 10.5 Å². The summed E-state index contributed by atoms with van der Waals surface area (Å²) in [5, 5.41) is 0.719. The van der Waals surface area contributed by atoms with Crippen LogP contribution in [0.15, 0.2) is 40.2 Å². The highest BCUT2D eigenvalue weighted by molar-refractivity contribution is 8.18. The van der Waals surface area contributed by atoms with Crippen molar-refractivity contribution in [3.63, 3.8) is 0 Å². The van der Waals surface area contributed by atoms with Crippen LogP contribution in [0.1, 0.15) is 24.2 Å². The lowest BCUT2D eigenvalue weighted by molar-refractivity contribution is -0.104. The zero-order valence-electron chi connectivity index (χ0n) is 13.4. The van der Waals surface area contributed by atoms with Crippen molar-refractivity contribution in [2.45, 2.75) is 20.0 Å². The van der Waals surface area contributed by atoms with Crippen LogP contribution in [0.2, 0.25) is 0 Å². The van der Waals surface area contributed by atoms with Crippen molar-refractivity contribution in [1.29, 1.82) is 0 Å². The van der Waals surface area contributed by atoms with Crippen molar-refractivity contribution in [1.82, 2.24) is 0 Å². The van der Waals surface area contributed by atoms with E-state index >= 15 is 0 Å². The molecule has 1 aliphatic heterocycles. The van der Waals surface area contributed by atoms with E-state index in [-0.39, 0.29) is 23.8 Å². The smallest absolute Gasteiger partial charge is 0.166 e. The average molecular weight is 332 g/mol. The maximum absolute atomic E-state index is 12.7. The number of nitrogens with zero attached hydrogens (tertiary/aromatic N) is 1. The summed E-state index contributed by atoms with van der Waals surface area (Å²) in [6, 6.07) is 7.00. The number of ether oxygens (including phenoxy) is 1. The van der Waals surface area contributed by atoms with Gasteiger partial charge in [-0.3, -0.25) is 14.6 Å². The van der Waals surface area contributed by atoms with Crippen molar-refractivity contribution < 1.29 is 14.3 Å². The summed E-state index contributed by atoms with van der Waals surface area (Å²) in [6.45, 7) is 3.61. The topological polar surface area (TPSA) is 81.8 Å². The third-order valence-electron chi connectivity index (χ3n) is 3.63. The van der Waals surface area contributed by atoms with Gasteiger partial charge in [-0.05, 0) is 31.2 Å². The Hall–Kier alpha value is -1.92. The molecule has 2 N–H and O–H groups in total. The van der Waals surface area contributed by atoms with Gasteiger partial charge in [-0.1, -0.05) is 24.8 Å². The molecular weight excluding hydrogens is 312 g/mol. The van der Waals surface area contributed by atoms with E-state index in [0.717, 1.165) is 11.3 Å². The fourth-order valence-corrected chi connectivity index (χ4v) is 3.52. The number of nitrogens with two attached hydrogens (primary N) is 1. The molecule has 0 saturated heterocycles. The fourth-order valence-electron chi connectivity index (χ4n) is 2.39. The maximum Gasteiger partial charge on any atom is 0.166 e. The first-order chi connectivity index (χ1) is 11.0. The number of thioether (sulfide) groups is 1. The zero-order chi connectivity index (χ0) is 17.0. The number of carbonyl (C=O) groups excluding carboxylic acids is 2. The number of benzene rings is 1. The Morgan fingerprint density at radius 1 is 1.35 bits per heavy atom. The van der Waals surface area contributed by atoms with Gasteiger partial charge in [0.2, 0.25) is 0 Å². The minimum Gasteiger partial charge on any atom is -0.497 e. The minimum absolute atomic E-state index is 0.000901. The Bertz CT molecular complexity index is 650. The second kappa shape index (κ2) is 7.57. The lowest BCUT2D eigenvalue weighted by atomic mass is 9.87. The third kappa shape index (κ3) is 4.09. The molecule has 23 heavy (non-hydrogen) atoms. The largest absolute Gasteiger partial charge is 0.497 e. The predicted molar refractivity (Wildman–Crippen MR) is 92.8 cm³/mol. The van der Waals surface area contributed by atoms with Gasteiger partial charge in [0.25, 0.3) is 0 Å². The highest BCUT2D eigenvalue weighted by Crippen LogP contribution is 2.36. The number of carbonyl (C=O) groups is 2. The molecule has 0 aliphatic carbocycles. The monoisotopic (exact) mass is 332 g/mol. The first-order valence-electron chi connectivity index (χ1n) is 7.32. The van der Waals surface area contributed by atoms with Gasteiger partial charge in [0.1, 0.15) is 5.75 Å². The molecule has 1 aromatic carbocycles. The Morgan fingerprint density at radius 3 is 2.52 bits per heavy atom. The molecule has 0 spiro atoms. The number of Topliss-reactive ketones (excluding diaryl/α,β-unsaturated/α-hetero) is 1. The molecule has 1 heterocycles. The van der Waals surface area contributed by atoms with Crippen molar-refractivity contribution in [3.05, 3.63) is 40.8 Å². The Labute approximate surface area is 140 Å². The molecule has 0 fully saturated rings. The SMILES string of the molecule is COc1ccc(C(=O)C(C)C2C=C(C=O)S/C2=N/C(C)N)cc1. The molecule has 6 heteroatoms. The van der Waals surface area contributed by atoms with E-state index in [0.29, 0.717) is 16.2 Å². The molecule has 2 rings (SSSR count). The summed E-state index contributed by atoms with van der Waals surface area (Å²) in [4.78, 5) is 28.7. The summed E-state index contributed by atoms with van der Waals surface area (Å²) in [5.41, 5.74) is 6.34. The molecule has 3 atom stereocenters.